The maximum absolute atomic E-state index is 12.8. The number of nitrogens with zero attached hydrogens (tertiary/aromatic N) is 2. The van der Waals surface area contributed by atoms with Crippen LogP contribution in [0.1, 0.15) is 17.8 Å². The number of methoxy groups -OCH3 is 1. The van der Waals surface area contributed by atoms with Crippen molar-refractivity contribution in [3.63, 3.8) is 0 Å². The molecular formula is C23H28N4O4S. The van der Waals surface area contributed by atoms with E-state index in [2.05, 4.69) is 32.6 Å². The van der Waals surface area contributed by atoms with Crippen LogP contribution in [-0.2, 0) is 9.53 Å². The monoisotopic (exact) mass is 456 g/mol. The highest BCUT2D eigenvalue weighted by molar-refractivity contribution is 7.10. The molecule has 0 radical (unpaired) electrons. The summed E-state index contributed by atoms with van der Waals surface area (Å²) in [6, 6.07) is 11.1. The number of nitrogens with one attached hydrogen (secondary N) is 2. The molecule has 1 aromatic heterocycles. The topological polar surface area (TPSA) is 83.1 Å². The molecule has 1 unspecified atom stereocenters. The summed E-state index contributed by atoms with van der Waals surface area (Å²) in [6.45, 7) is 5.90. The summed E-state index contributed by atoms with van der Waals surface area (Å²) in [5.41, 5.74) is 2.25. The fourth-order valence-corrected chi connectivity index (χ4v) is 4.83. The fraction of sp³-hybridized carbons (Fsp3) is 0.391. The maximum atomic E-state index is 12.8. The third kappa shape index (κ3) is 4.89. The minimum absolute atomic E-state index is 0.279. The SMILES string of the molecule is CCOC(=O)C1=C(CN2CCN(c3ccc(OC)cc3)CC2)NC(=O)NC1c1cccs1. The minimum Gasteiger partial charge on any atom is -0.497 e. The van der Waals surface area contributed by atoms with Gasteiger partial charge in [0.25, 0.3) is 0 Å². The van der Waals surface area contributed by atoms with Gasteiger partial charge in [0, 0.05) is 49.0 Å². The number of carbonyl (C=O) groups excluding carboxylic acids is 2. The van der Waals surface area contributed by atoms with Crippen LogP contribution in [0.4, 0.5) is 10.5 Å². The molecule has 9 heteroatoms. The van der Waals surface area contributed by atoms with Crippen molar-refractivity contribution in [2.45, 2.75) is 13.0 Å². The van der Waals surface area contributed by atoms with Gasteiger partial charge in [-0.2, -0.15) is 0 Å². The number of ether oxygens (including phenoxy) is 2. The predicted octanol–water partition coefficient (Wildman–Crippen LogP) is 2.75. The van der Waals surface area contributed by atoms with Crippen LogP contribution >= 0.6 is 11.3 Å². The number of piperazine rings is 1. The Labute approximate surface area is 191 Å². The number of thiophene rings is 1. The number of carbonyl (C=O) groups is 2. The number of hydrogen-bond acceptors (Lipinski definition) is 7. The van der Waals surface area contributed by atoms with Gasteiger partial charge in [-0.15, -0.1) is 11.3 Å². The summed E-state index contributed by atoms with van der Waals surface area (Å²) in [5.74, 6) is 0.443. The van der Waals surface area contributed by atoms with Crippen LogP contribution in [0.3, 0.4) is 0 Å². The number of benzene rings is 1. The van der Waals surface area contributed by atoms with Crippen LogP contribution in [0.5, 0.6) is 5.75 Å². The quantitative estimate of drug-likeness (QED) is 0.624. The zero-order chi connectivity index (χ0) is 22.5. The molecule has 1 fully saturated rings. The molecule has 8 nitrogen and oxygen atoms in total. The first-order chi connectivity index (χ1) is 15.6. The third-order valence-corrected chi connectivity index (χ3v) is 6.61. The molecule has 2 N–H and O–H groups in total. The molecule has 32 heavy (non-hydrogen) atoms. The highest BCUT2D eigenvalue weighted by Crippen LogP contribution is 2.31. The van der Waals surface area contributed by atoms with Crippen LogP contribution in [0, 0.1) is 0 Å². The molecule has 2 aliphatic rings. The van der Waals surface area contributed by atoms with E-state index in [4.69, 9.17) is 9.47 Å². The Hall–Kier alpha value is -3.04. The van der Waals surface area contributed by atoms with Crippen molar-refractivity contribution in [1.29, 1.82) is 0 Å². The Bertz CT molecular complexity index is 966. The summed E-state index contributed by atoms with van der Waals surface area (Å²) >= 11 is 1.51. The van der Waals surface area contributed by atoms with E-state index in [1.165, 1.54) is 11.3 Å². The second-order valence-corrected chi connectivity index (χ2v) is 8.60. The molecule has 0 spiro atoms. The Balaban J connectivity index is 1.49. The van der Waals surface area contributed by atoms with Crippen molar-refractivity contribution in [2.24, 2.45) is 0 Å². The summed E-state index contributed by atoms with van der Waals surface area (Å²) < 4.78 is 10.6. The van der Waals surface area contributed by atoms with E-state index in [0.29, 0.717) is 17.8 Å². The first kappa shape index (κ1) is 22.2. The Kier molecular flexibility index (Phi) is 6.96. The van der Waals surface area contributed by atoms with Crippen molar-refractivity contribution < 1.29 is 19.1 Å². The first-order valence-corrected chi connectivity index (χ1v) is 11.6. The number of rotatable bonds is 7. The molecule has 0 aliphatic carbocycles. The second kappa shape index (κ2) is 10.1. The van der Waals surface area contributed by atoms with Crippen LogP contribution in [0.15, 0.2) is 53.0 Å². The molecule has 0 saturated carbocycles. The average Bonchev–Trinajstić information content (AvgIpc) is 3.34. The lowest BCUT2D eigenvalue weighted by molar-refractivity contribution is -0.139. The van der Waals surface area contributed by atoms with Crippen LogP contribution in [0.2, 0.25) is 0 Å². The van der Waals surface area contributed by atoms with Crippen LogP contribution < -0.4 is 20.3 Å². The summed E-state index contributed by atoms with van der Waals surface area (Å²) in [4.78, 5) is 30.7. The van der Waals surface area contributed by atoms with E-state index in [1.54, 1.807) is 14.0 Å². The van der Waals surface area contributed by atoms with Gasteiger partial charge >= 0.3 is 12.0 Å². The second-order valence-electron chi connectivity index (χ2n) is 7.62. The van der Waals surface area contributed by atoms with Gasteiger partial charge < -0.3 is 25.0 Å². The molecule has 4 rings (SSSR count). The summed E-state index contributed by atoms with van der Waals surface area (Å²) in [7, 11) is 1.66. The third-order valence-electron chi connectivity index (χ3n) is 5.67. The average molecular weight is 457 g/mol. The molecule has 1 saturated heterocycles. The van der Waals surface area contributed by atoms with Gasteiger partial charge in [-0.1, -0.05) is 6.07 Å². The molecule has 0 bridgehead atoms. The highest BCUT2D eigenvalue weighted by atomic mass is 32.1. The lowest BCUT2D eigenvalue weighted by Gasteiger charge is -2.37. The molecule has 1 aromatic carbocycles. The standard InChI is InChI=1S/C23H28N4O4S/c1-3-31-22(28)20-18(24-23(29)25-21(20)19-5-4-14-32-19)15-26-10-12-27(13-11-26)16-6-8-17(30-2)9-7-16/h4-9,14,21H,3,10-13,15H2,1-2H3,(H2,24,25,29). The van der Waals surface area contributed by atoms with E-state index in [9.17, 15) is 9.59 Å². The van der Waals surface area contributed by atoms with E-state index < -0.39 is 12.0 Å². The molecule has 2 aromatic rings. The number of hydrogen-bond donors (Lipinski definition) is 2. The van der Waals surface area contributed by atoms with Crippen molar-refractivity contribution >= 4 is 29.0 Å². The maximum Gasteiger partial charge on any atom is 0.338 e. The minimum atomic E-state index is -0.501. The lowest BCUT2D eigenvalue weighted by Crippen LogP contribution is -2.51. The van der Waals surface area contributed by atoms with Crippen molar-refractivity contribution in [2.75, 3.05) is 51.3 Å². The zero-order valence-corrected chi connectivity index (χ0v) is 19.1. The molecule has 170 valence electrons. The van der Waals surface area contributed by atoms with E-state index >= 15 is 0 Å². The summed E-state index contributed by atoms with van der Waals surface area (Å²) in [5, 5.41) is 7.68. The Morgan fingerprint density at radius 3 is 2.53 bits per heavy atom. The molecule has 1 atom stereocenters. The summed E-state index contributed by atoms with van der Waals surface area (Å²) in [6.07, 6.45) is 0. The molecule has 3 heterocycles. The van der Waals surface area contributed by atoms with Crippen molar-refractivity contribution in [1.82, 2.24) is 15.5 Å². The molecule has 2 aliphatic heterocycles. The van der Waals surface area contributed by atoms with Gasteiger partial charge in [-0.25, -0.2) is 9.59 Å². The number of esters is 1. The normalized spacial score (nSPS) is 19.4. The number of urea groups is 1. The zero-order valence-electron chi connectivity index (χ0n) is 18.3. The number of amides is 2. The van der Waals surface area contributed by atoms with Gasteiger partial charge in [0.2, 0.25) is 0 Å². The smallest absolute Gasteiger partial charge is 0.338 e. The Morgan fingerprint density at radius 2 is 1.91 bits per heavy atom. The van der Waals surface area contributed by atoms with Crippen LogP contribution in [-0.4, -0.2) is 63.3 Å². The van der Waals surface area contributed by atoms with E-state index in [0.717, 1.165) is 42.5 Å². The van der Waals surface area contributed by atoms with Gasteiger partial charge in [0.15, 0.2) is 0 Å². The lowest BCUT2D eigenvalue weighted by atomic mass is 10.0. The molecular weight excluding hydrogens is 428 g/mol. The fourth-order valence-electron chi connectivity index (χ4n) is 4.04. The van der Waals surface area contributed by atoms with Gasteiger partial charge in [-0.05, 0) is 42.6 Å². The van der Waals surface area contributed by atoms with Crippen molar-refractivity contribution in [3.05, 3.63) is 57.9 Å². The van der Waals surface area contributed by atoms with E-state index in [-0.39, 0.29) is 12.6 Å². The first-order valence-electron chi connectivity index (χ1n) is 10.7. The van der Waals surface area contributed by atoms with Gasteiger partial charge in [0.1, 0.15) is 5.75 Å². The van der Waals surface area contributed by atoms with Gasteiger partial charge in [-0.3, -0.25) is 4.90 Å². The van der Waals surface area contributed by atoms with Gasteiger partial charge in [0.05, 0.1) is 25.3 Å². The van der Waals surface area contributed by atoms with Crippen LogP contribution in [0.25, 0.3) is 0 Å². The highest BCUT2D eigenvalue weighted by Gasteiger charge is 2.35. The molecule has 2 amide bonds. The van der Waals surface area contributed by atoms with E-state index in [1.807, 2.05) is 29.6 Å². The predicted molar refractivity (Wildman–Crippen MR) is 124 cm³/mol. The Morgan fingerprint density at radius 1 is 1.16 bits per heavy atom. The van der Waals surface area contributed by atoms with Crippen molar-refractivity contribution in [3.8, 4) is 5.75 Å². The number of anilines is 1. The largest absolute Gasteiger partial charge is 0.497 e.